The first-order valence-corrected chi connectivity index (χ1v) is 8.04. The molecule has 5 nitrogen and oxygen atoms in total. The van der Waals surface area contributed by atoms with Gasteiger partial charge in [0.2, 0.25) is 0 Å². The van der Waals surface area contributed by atoms with E-state index in [2.05, 4.69) is 16.7 Å². The molecular weight excluding hydrogens is 304 g/mol. The number of amides is 1. The Balaban J connectivity index is 1.63. The van der Waals surface area contributed by atoms with Crippen molar-refractivity contribution in [3.05, 3.63) is 59.2 Å². The summed E-state index contributed by atoms with van der Waals surface area (Å²) in [6.07, 6.45) is 0.891. The molecule has 0 radical (unpaired) electrons. The quantitative estimate of drug-likeness (QED) is 0.884. The minimum absolute atomic E-state index is 0.0705. The Kier molecular flexibility index (Phi) is 5.01. The van der Waals surface area contributed by atoms with Crippen molar-refractivity contribution in [3.63, 3.8) is 0 Å². The molecule has 2 N–H and O–H groups in total. The highest BCUT2D eigenvalue weighted by Gasteiger charge is 2.22. The summed E-state index contributed by atoms with van der Waals surface area (Å²) in [5, 5.41) is 6.15. The summed E-state index contributed by atoms with van der Waals surface area (Å²) >= 11 is 0. The normalized spacial score (nSPS) is 16.0. The van der Waals surface area contributed by atoms with Crippen molar-refractivity contribution in [1.29, 1.82) is 0 Å². The lowest BCUT2D eigenvalue weighted by atomic mass is 10.0. The summed E-state index contributed by atoms with van der Waals surface area (Å²) in [7, 11) is 3.29. The van der Waals surface area contributed by atoms with Crippen molar-refractivity contribution in [2.75, 3.05) is 20.8 Å². The third kappa shape index (κ3) is 3.51. The van der Waals surface area contributed by atoms with Crippen LogP contribution in [0, 0.1) is 0 Å². The summed E-state index contributed by atoms with van der Waals surface area (Å²) < 4.78 is 11.2. The maximum absolute atomic E-state index is 11.7. The van der Waals surface area contributed by atoms with E-state index in [9.17, 15) is 4.79 Å². The van der Waals surface area contributed by atoms with Crippen molar-refractivity contribution in [3.8, 4) is 11.5 Å². The van der Waals surface area contributed by atoms with E-state index in [1.54, 1.807) is 14.2 Å². The molecule has 0 spiro atoms. The van der Waals surface area contributed by atoms with Crippen LogP contribution in [0.3, 0.4) is 0 Å². The SMILES string of the molecule is CNC(=O)c1cccc(CN[C@@H]2COc3c(cccc3OC)C2)c1. The molecule has 2 aromatic carbocycles. The number of nitrogens with one attached hydrogen (secondary N) is 2. The Hall–Kier alpha value is -2.53. The molecule has 0 saturated heterocycles. The predicted octanol–water partition coefficient (Wildman–Crippen LogP) is 2.15. The lowest BCUT2D eigenvalue weighted by Gasteiger charge is -2.27. The summed E-state index contributed by atoms with van der Waals surface area (Å²) in [6.45, 7) is 1.29. The van der Waals surface area contributed by atoms with Gasteiger partial charge in [0.1, 0.15) is 6.61 Å². The van der Waals surface area contributed by atoms with Gasteiger partial charge in [-0.15, -0.1) is 0 Å². The molecule has 1 heterocycles. The second kappa shape index (κ2) is 7.36. The molecule has 0 saturated carbocycles. The lowest BCUT2D eigenvalue weighted by molar-refractivity contribution is 0.0963. The van der Waals surface area contributed by atoms with Crippen LogP contribution in [0.1, 0.15) is 21.5 Å². The van der Waals surface area contributed by atoms with E-state index in [0.29, 0.717) is 18.7 Å². The molecule has 0 fully saturated rings. The summed E-state index contributed by atoms with van der Waals surface area (Å²) in [5.74, 6) is 1.56. The van der Waals surface area contributed by atoms with Gasteiger partial charge in [-0.1, -0.05) is 24.3 Å². The first-order chi connectivity index (χ1) is 11.7. The fourth-order valence-corrected chi connectivity index (χ4v) is 2.92. The van der Waals surface area contributed by atoms with Crippen molar-refractivity contribution >= 4 is 5.91 Å². The van der Waals surface area contributed by atoms with Gasteiger partial charge >= 0.3 is 0 Å². The van der Waals surface area contributed by atoms with Crippen molar-refractivity contribution in [2.24, 2.45) is 0 Å². The molecular formula is C19H22N2O3. The number of benzene rings is 2. The zero-order valence-electron chi connectivity index (χ0n) is 14.0. The average molecular weight is 326 g/mol. The van der Waals surface area contributed by atoms with Crippen LogP contribution in [-0.4, -0.2) is 32.7 Å². The molecule has 3 rings (SSSR count). The van der Waals surface area contributed by atoms with Crippen LogP contribution >= 0.6 is 0 Å². The highest BCUT2D eigenvalue weighted by molar-refractivity contribution is 5.94. The van der Waals surface area contributed by atoms with Crippen molar-refractivity contribution in [1.82, 2.24) is 10.6 Å². The molecule has 1 amide bonds. The highest BCUT2D eigenvalue weighted by atomic mass is 16.5. The second-order valence-corrected chi connectivity index (χ2v) is 5.82. The van der Waals surface area contributed by atoms with E-state index in [4.69, 9.17) is 9.47 Å². The van der Waals surface area contributed by atoms with Gasteiger partial charge in [-0.25, -0.2) is 0 Å². The van der Waals surface area contributed by atoms with Gasteiger partial charge in [-0.3, -0.25) is 4.79 Å². The lowest BCUT2D eigenvalue weighted by Crippen LogP contribution is -2.39. The monoisotopic (exact) mass is 326 g/mol. The molecule has 126 valence electrons. The number of carbonyl (C=O) groups excluding carboxylic acids is 1. The average Bonchev–Trinajstić information content (AvgIpc) is 2.65. The van der Waals surface area contributed by atoms with Crippen LogP contribution in [0.15, 0.2) is 42.5 Å². The Morgan fingerprint density at radius 2 is 2.12 bits per heavy atom. The minimum atomic E-state index is -0.0705. The number of methoxy groups -OCH3 is 1. The molecule has 0 unspecified atom stereocenters. The van der Waals surface area contributed by atoms with E-state index in [1.807, 2.05) is 36.4 Å². The number of ether oxygens (including phenoxy) is 2. The van der Waals surface area contributed by atoms with Gasteiger partial charge in [0.05, 0.1) is 7.11 Å². The van der Waals surface area contributed by atoms with Gasteiger partial charge in [-0.2, -0.15) is 0 Å². The van der Waals surface area contributed by atoms with Gasteiger partial charge < -0.3 is 20.1 Å². The van der Waals surface area contributed by atoms with E-state index < -0.39 is 0 Å². The predicted molar refractivity (Wildman–Crippen MR) is 92.7 cm³/mol. The first-order valence-electron chi connectivity index (χ1n) is 8.04. The topological polar surface area (TPSA) is 59.6 Å². The van der Waals surface area contributed by atoms with Crippen LogP contribution in [-0.2, 0) is 13.0 Å². The summed E-state index contributed by atoms with van der Waals surface area (Å²) in [5.41, 5.74) is 2.90. The van der Waals surface area contributed by atoms with Crippen molar-refractivity contribution < 1.29 is 14.3 Å². The molecule has 1 aliphatic heterocycles. The van der Waals surface area contributed by atoms with Gasteiger partial charge in [0.15, 0.2) is 11.5 Å². The maximum Gasteiger partial charge on any atom is 0.251 e. The third-order valence-electron chi connectivity index (χ3n) is 4.19. The molecule has 5 heteroatoms. The first kappa shape index (κ1) is 16.3. The fourth-order valence-electron chi connectivity index (χ4n) is 2.92. The van der Waals surface area contributed by atoms with E-state index >= 15 is 0 Å². The maximum atomic E-state index is 11.7. The van der Waals surface area contributed by atoms with Crippen LogP contribution in [0.5, 0.6) is 11.5 Å². The van der Waals surface area contributed by atoms with Crippen LogP contribution in [0.25, 0.3) is 0 Å². The van der Waals surface area contributed by atoms with E-state index in [1.165, 1.54) is 0 Å². The number of hydrogen-bond acceptors (Lipinski definition) is 4. The molecule has 0 bridgehead atoms. The summed E-state index contributed by atoms with van der Waals surface area (Å²) in [4.78, 5) is 11.7. The highest BCUT2D eigenvalue weighted by Crippen LogP contribution is 2.34. The van der Waals surface area contributed by atoms with Gasteiger partial charge in [-0.05, 0) is 35.7 Å². The number of fused-ring (bicyclic) bond motifs is 1. The number of rotatable bonds is 5. The van der Waals surface area contributed by atoms with E-state index in [0.717, 1.165) is 29.0 Å². The van der Waals surface area contributed by atoms with Gasteiger partial charge in [0, 0.05) is 25.2 Å². The standard InChI is InChI=1S/C19H22N2O3/c1-20-19(22)15-7-3-5-13(9-15)11-21-16-10-14-6-4-8-17(23-2)18(14)24-12-16/h3-9,16,21H,10-12H2,1-2H3,(H,20,22)/t16-/m0/s1. The second-order valence-electron chi connectivity index (χ2n) is 5.82. The Labute approximate surface area is 142 Å². The zero-order valence-corrected chi connectivity index (χ0v) is 14.0. The third-order valence-corrected chi connectivity index (χ3v) is 4.19. The van der Waals surface area contributed by atoms with E-state index in [-0.39, 0.29) is 11.9 Å². The Morgan fingerprint density at radius 3 is 2.92 bits per heavy atom. The van der Waals surface area contributed by atoms with Crippen LogP contribution in [0.2, 0.25) is 0 Å². The molecule has 0 aliphatic carbocycles. The molecule has 0 aromatic heterocycles. The fraction of sp³-hybridized carbons (Fsp3) is 0.316. The molecule has 2 aromatic rings. The summed E-state index contributed by atoms with van der Waals surface area (Å²) in [6, 6.07) is 13.8. The Morgan fingerprint density at radius 1 is 1.29 bits per heavy atom. The molecule has 1 aliphatic rings. The number of hydrogen-bond donors (Lipinski definition) is 2. The minimum Gasteiger partial charge on any atom is -0.493 e. The van der Waals surface area contributed by atoms with Crippen LogP contribution in [0.4, 0.5) is 0 Å². The van der Waals surface area contributed by atoms with Crippen LogP contribution < -0.4 is 20.1 Å². The molecule has 1 atom stereocenters. The number of para-hydroxylation sites is 1. The smallest absolute Gasteiger partial charge is 0.251 e. The zero-order chi connectivity index (χ0) is 16.9. The largest absolute Gasteiger partial charge is 0.493 e. The van der Waals surface area contributed by atoms with Gasteiger partial charge in [0.25, 0.3) is 5.91 Å². The number of carbonyl (C=O) groups is 1. The Bertz CT molecular complexity index is 730. The van der Waals surface area contributed by atoms with Crippen molar-refractivity contribution in [2.45, 2.75) is 19.0 Å². The molecule has 24 heavy (non-hydrogen) atoms.